The molecule has 2 unspecified atom stereocenters. The van der Waals surface area contributed by atoms with Gasteiger partial charge in [-0.25, -0.2) is 0 Å². The number of rotatable bonds is 7. The van der Waals surface area contributed by atoms with Crippen LogP contribution in [-0.2, 0) is 13.5 Å². The van der Waals surface area contributed by atoms with Crippen molar-refractivity contribution in [2.75, 3.05) is 13.6 Å². The van der Waals surface area contributed by atoms with Crippen LogP contribution >= 0.6 is 35.6 Å². The monoisotopic (exact) mass is 517 g/mol. The first-order valence-electron chi connectivity index (χ1n) is 9.57. The maximum absolute atomic E-state index is 6.01. The SMILES string of the molecule is CCC(CNC(=NC)NC(C)Cc1c(C)nn(C)c1C)c1ccc(Cl)cc1.I. The number of nitrogens with zero attached hydrogens (tertiary/aromatic N) is 3. The van der Waals surface area contributed by atoms with Crippen molar-refractivity contribution < 1.29 is 0 Å². The van der Waals surface area contributed by atoms with E-state index in [1.54, 1.807) is 0 Å². The molecular weight excluding hydrogens is 485 g/mol. The predicted molar refractivity (Wildman–Crippen MR) is 130 cm³/mol. The van der Waals surface area contributed by atoms with Gasteiger partial charge in [-0.05, 0) is 56.9 Å². The van der Waals surface area contributed by atoms with Gasteiger partial charge in [-0.15, -0.1) is 24.0 Å². The molecule has 156 valence electrons. The number of aromatic nitrogens is 2. The Kier molecular flexibility index (Phi) is 10.3. The lowest BCUT2D eigenvalue weighted by Gasteiger charge is -2.21. The van der Waals surface area contributed by atoms with Crippen LogP contribution in [-0.4, -0.2) is 35.4 Å². The highest BCUT2D eigenvalue weighted by atomic mass is 127. The molecule has 1 heterocycles. The Hall–Kier alpha value is -1.28. The van der Waals surface area contributed by atoms with Gasteiger partial charge in [-0.2, -0.15) is 5.10 Å². The van der Waals surface area contributed by atoms with Crippen LogP contribution in [0.2, 0.25) is 5.02 Å². The number of hydrogen-bond acceptors (Lipinski definition) is 2. The van der Waals surface area contributed by atoms with E-state index in [1.165, 1.54) is 16.8 Å². The van der Waals surface area contributed by atoms with Gasteiger partial charge in [-0.3, -0.25) is 9.67 Å². The number of hydrogen-bond donors (Lipinski definition) is 2. The van der Waals surface area contributed by atoms with E-state index in [2.05, 4.69) is 60.6 Å². The van der Waals surface area contributed by atoms with Crippen LogP contribution in [0.3, 0.4) is 0 Å². The van der Waals surface area contributed by atoms with Crippen LogP contribution in [0.1, 0.15) is 48.7 Å². The molecule has 2 N–H and O–H groups in total. The van der Waals surface area contributed by atoms with Gasteiger partial charge in [0.05, 0.1) is 5.69 Å². The standard InChI is InChI=1S/C21H32ClN5.HI/c1-7-17(18-8-10-19(22)11-9-18)13-24-21(23-5)25-14(2)12-20-15(3)26-27(6)16(20)4;/h8-11,14,17H,7,12-13H2,1-6H3,(H2,23,24,25);1H. The topological polar surface area (TPSA) is 54.2 Å². The lowest BCUT2D eigenvalue weighted by atomic mass is 9.96. The summed E-state index contributed by atoms with van der Waals surface area (Å²) in [5, 5.41) is 12.2. The second-order valence-electron chi connectivity index (χ2n) is 7.13. The normalized spacial score (nSPS) is 13.6. The Bertz CT molecular complexity index is 770. The van der Waals surface area contributed by atoms with E-state index in [1.807, 2.05) is 30.9 Å². The summed E-state index contributed by atoms with van der Waals surface area (Å²) in [4.78, 5) is 4.39. The van der Waals surface area contributed by atoms with Crippen molar-refractivity contribution in [1.82, 2.24) is 20.4 Å². The van der Waals surface area contributed by atoms with Gasteiger partial charge in [-0.1, -0.05) is 30.7 Å². The molecule has 7 heteroatoms. The summed E-state index contributed by atoms with van der Waals surface area (Å²) >= 11 is 6.01. The van der Waals surface area contributed by atoms with Crippen molar-refractivity contribution in [1.29, 1.82) is 0 Å². The molecule has 0 aliphatic heterocycles. The Morgan fingerprint density at radius 2 is 1.89 bits per heavy atom. The van der Waals surface area contributed by atoms with E-state index >= 15 is 0 Å². The average Bonchev–Trinajstić information content (AvgIpc) is 2.88. The van der Waals surface area contributed by atoms with Gasteiger partial charge in [0.15, 0.2) is 5.96 Å². The average molecular weight is 518 g/mol. The third-order valence-electron chi connectivity index (χ3n) is 5.13. The molecule has 0 radical (unpaired) electrons. The molecule has 0 bridgehead atoms. The first-order valence-corrected chi connectivity index (χ1v) is 9.95. The van der Waals surface area contributed by atoms with E-state index in [4.69, 9.17) is 11.6 Å². The van der Waals surface area contributed by atoms with Crippen LogP contribution in [0.25, 0.3) is 0 Å². The van der Waals surface area contributed by atoms with Crippen molar-refractivity contribution in [2.45, 2.75) is 52.5 Å². The minimum absolute atomic E-state index is 0. The van der Waals surface area contributed by atoms with E-state index in [0.29, 0.717) is 5.92 Å². The fourth-order valence-corrected chi connectivity index (χ4v) is 3.48. The second kappa shape index (κ2) is 11.7. The Morgan fingerprint density at radius 1 is 1.25 bits per heavy atom. The third kappa shape index (κ3) is 6.65. The lowest BCUT2D eigenvalue weighted by molar-refractivity contribution is 0.602. The van der Waals surface area contributed by atoms with Crippen molar-refractivity contribution in [3.8, 4) is 0 Å². The van der Waals surface area contributed by atoms with Crippen molar-refractivity contribution in [3.05, 3.63) is 51.8 Å². The summed E-state index contributed by atoms with van der Waals surface area (Å²) in [5.41, 5.74) is 4.92. The fraction of sp³-hybridized carbons (Fsp3) is 0.524. The summed E-state index contributed by atoms with van der Waals surface area (Å²) in [6.45, 7) is 9.39. The highest BCUT2D eigenvalue weighted by Gasteiger charge is 2.15. The van der Waals surface area contributed by atoms with E-state index in [-0.39, 0.29) is 30.0 Å². The maximum Gasteiger partial charge on any atom is 0.191 e. The minimum Gasteiger partial charge on any atom is -0.356 e. The zero-order valence-electron chi connectivity index (χ0n) is 17.7. The molecule has 1 aromatic carbocycles. The highest BCUT2D eigenvalue weighted by molar-refractivity contribution is 14.0. The summed E-state index contributed by atoms with van der Waals surface area (Å²) in [6, 6.07) is 8.37. The Morgan fingerprint density at radius 3 is 2.39 bits per heavy atom. The smallest absolute Gasteiger partial charge is 0.191 e. The number of guanidine groups is 1. The summed E-state index contributed by atoms with van der Waals surface area (Å²) in [5.74, 6) is 1.24. The first-order chi connectivity index (χ1) is 12.8. The molecule has 0 saturated heterocycles. The fourth-order valence-electron chi connectivity index (χ4n) is 3.35. The Balaban J connectivity index is 0.00000392. The quantitative estimate of drug-likeness (QED) is 0.321. The molecule has 0 amide bonds. The van der Waals surface area contributed by atoms with E-state index in [0.717, 1.165) is 36.1 Å². The van der Waals surface area contributed by atoms with Gasteiger partial charge < -0.3 is 10.6 Å². The lowest BCUT2D eigenvalue weighted by Crippen LogP contribution is -2.44. The van der Waals surface area contributed by atoms with E-state index in [9.17, 15) is 0 Å². The van der Waals surface area contributed by atoms with Gasteiger partial charge in [0.2, 0.25) is 0 Å². The van der Waals surface area contributed by atoms with Crippen molar-refractivity contribution in [2.24, 2.45) is 12.0 Å². The van der Waals surface area contributed by atoms with Crippen molar-refractivity contribution >= 4 is 41.5 Å². The van der Waals surface area contributed by atoms with Gasteiger partial charge in [0, 0.05) is 43.3 Å². The van der Waals surface area contributed by atoms with Crippen LogP contribution < -0.4 is 10.6 Å². The summed E-state index contributed by atoms with van der Waals surface area (Å²) < 4.78 is 1.95. The molecule has 5 nitrogen and oxygen atoms in total. The van der Waals surface area contributed by atoms with Gasteiger partial charge in [0.25, 0.3) is 0 Å². The van der Waals surface area contributed by atoms with E-state index < -0.39 is 0 Å². The second-order valence-corrected chi connectivity index (χ2v) is 7.57. The molecule has 1 aromatic heterocycles. The molecule has 0 fully saturated rings. The number of aryl methyl sites for hydroxylation is 2. The molecule has 2 aromatic rings. The van der Waals surface area contributed by atoms with Crippen LogP contribution in [0.15, 0.2) is 29.3 Å². The number of nitrogens with one attached hydrogen (secondary N) is 2. The van der Waals surface area contributed by atoms with Gasteiger partial charge in [0.1, 0.15) is 0 Å². The predicted octanol–water partition coefficient (Wildman–Crippen LogP) is 4.60. The zero-order valence-corrected chi connectivity index (χ0v) is 20.8. The van der Waals surface area contributed by atoms with Crippen molar-refractivity contribution in [3.63, 3.8) is 0 Å². The summed E-state index contributed by atoms with van der Waals surface area (Å²) in [7, 11) is 3.80. The maximum atomic E-state index is 6.01. The number of halogens is 2. The number of benzene rings is 1. The zero-order chi connectivity index (χ0) is 20.0. The van der Waals surface area contributed by atoms with Crippen LogP contribution in [0.5, 0.6) is 0 Å². The largest absolute Gasteiger partial charge is 0.356 e. The first kappa shape index (κ1) is 24.8. The number of aliphatic imine (C=N–C) groups is 1. The molecule has 0 spiro atoms. The molecule has 2 rings (SSSR count). The third-order valence-corrected chi connectivity index (χ3v) is 5.38. The highest BCUT2D eigenvalue weighted by Crippen LogP contribution is 2.20. The van der Waals surface area contributed by atoms with Gasteiger partial charge >= 0.3 is 0 Å². The van der Waals surface area contributed by atoms with Crippen LogP contribution in [0.4, 0.5) is 0 Å². The Labute approximate surface area is 191 Å². The molecular formula is C21H33ClIN5. The molecule has 2 atom stereocenters. The molecule has 0 aliphatic carbocycles. The molecule has 28 heavy (non-hydrogen) atoms. The minimum atomic E-state index is 0. The molecule has 0 aliphatic rings. The molecule has 0 saturated carbocycles. The van der Waals surface area contributed by atoms with Crippen LogP contribution in [0, 0.1) is 13.8 Å². The summed E-state index contributed by atoms with van der Waals surface area (Å²) in [6.07, 6.45) is 1.97.